The van der Waals surface area contributed by atoms with E-state index in [9.17, 15) is 4.39 Å². The molecular weight excluding hydrogens is 713 g/mol. The van der Waals surface area contributed by atoms with E-state index >= 15 is 0 Å². The normalized spacial score (nSPS) is 11.2. The summed E-state index contributed by atoms with van der Waals surface area (Å²) in [5.74, 6) is 2.97. The van der Waals surface area contributed by atoms with E-state index in [1.165, 1.54) is 17.2 Å². The van der Waals surface area contributed by atoms with E-state index < -0.39 is 19.3 Å². The number of pyridine rings is 1. The Morgan fingerprint density at radius 2 is 1.28 bits per heavy atom. The van der Waals surface area contributed by atoms with Crippen molar-refractivity contribution in [3.63, 3.8) is 0 Å². The van der Waals surface area contributed by atoms with Gasteiger partial charge in [0.2, 0.25) is 0 Å². The van der Waals surface area contributed by atoms with Gasteiger partial charge in [0.25, 0.3) is 0 Å². The second-order valence-corrected chi connectivity index (χ2v) is 12.5. The maximum atomic E-state index is 14.4. The van der Waals surface area contributed by atoms with E-state index in [1.807, 2.05) is 0 Å². The summed E-state index contributed by atoms with van der Waals surface area (Å²) in [6.07, 6.45) is 1.66. The Balaban J connectivity index is 1.86. The molecule has 0 aliphatic heterocycles. The van der Waals surface area contributed by atoms with E-state index in [1.54, 1.807) is 24.4 Å². The average Bonchev–Trinajstić information content (AvgIpc) is 3.09. The molecule has 0 fully saturated rings. The van der Waals surface area contributed by atoms with Crippen LogP contribution in [0.4, 0.5) is 4.39 Å². The van der Waals surface area contributed by atoms with Gasteiger partial charge in [-0.25, -0.2) is 0 Å². The number of hydrogen-bond donors (Lipinski definition) is 0. The number of halogens is 3. The molecule has 0 amide bonds. The van der Waals surface area contributed by atoms with Crippen molar-refractivity contribution in [3.8, 4) is 21.4 Å². The van der Waals surface area contributed by atoms with Crippen molar-refractivity contribution in [2.75, 3.05) is 0 Å². The molecule has 2 aromatic heterocycles. The molecular formula is C32H27AuCl2FN3. The van der Waals surface area contributed by atoms with E-state index in [2.05, 4.69) is 90.0 Å². The Morgan fingerprint density at radius 3 is 1.79 bits per heavy atom. The first-order chi connectivity index (χ1) is 18.6. The molecule has 0 aliphatic carbocycles. The van der Waals surface area contributed by atoms with Crippen LogP contribution in [-0.4, -0.2) is 14.1 Å². The molecule has 0 spiro atoms. The van der Waals surface area contributed by atoms with Crippen molar-refractivity contribution < 1.29 is 23.7 Å². The number of rotatable bonds is 2. The van der Waals surface area contributed by atoms with Crippen LogP contribution in [-0.2, 0) is 19.3 Å². The van der Waals surface area contributed by atoms with E-state index in [-0.39, 0.29) is 5.82 Å². The minimum atomic E-state index is -0.797. The zero-order valence-electron chi connectivity index (χ0n) is 22.5. The molecule has 0 N–H and O–H groups in total. The van der Waals surface area contributed by atoms with Gasteiger partial charge in [0.1, 0.15) is 0 Å². The summed E-state index contributed by atoms with van der Waals surface area (Å²) in [5.41, 5.74) is 10.1. The van der Waals surface area contributed by atoms with Crippen molar-refractivity contribution in [1.82, 2.24) is 14.1 Å². The Labute approximate surface area is 247 Å². The van der Waals surface area contributed by atoms with Crippen molar-refractivity contribution >= 4 is 34.1 Å². The first-order valence-corrected chi connectivity index (χ1v) is 15.3. The SMILES string of the molecule is Cc1cc(C)c(-n2c(Cl)c(Cl)n(-c3c(C)cc(C)cc3C)[c]2=[Au][C]#Cc2ccc(F)c3cccnc23)c(C)c1. The summed E-state index contributed by atoms with van der Waals surface area (Å²) < 4.78 is 22.8. The van der Waals surface area contributed by atoms with Gasteiger partial charge in [-0.2, -0.15) is 0 Å². The van der Waals surface area contributed by atoms with Gasteiger partial charge in [-0.1, -0.05) is 0 Å². The molecule has 0 radical (unpaired) electrons. The number of hydrogen-bond acceptors (Lipinski definition) is 1. The Kier molecular flexibility index (Phi) is 7.75. The van der Waals surface area contributed by atoms with Crippen molar-refractivity contribution in [2.24, 2.45) is 0 Å². The van der Waals surface area contributed by atoms with E-state index in [0.717, 1.165) is 37.3 Å². The van der Waals surface area contributed by atoms with Crippen LogP contribution in [0.1, 0.15) is 38.9 Å². The van der Waals surface area contributed by atoms with Crippen molar-refractivity contribution in [2.45, 2.75) is 41.5 Å². The fraction of sp³-hybridized carbons (Fsp3) is 0.188. The Bertz CT molecular complexity index is 1790. The zero-order chi connectivity index (χ0) is 28.0. The molecule has 2 heterocycles. The number of imidazole rings is 1. The number of fused-ring (bicyclic) bond motifs is 1. The average molecular weight is 740 g/mol. The summed E-state index contributed by atoms with van der Waals surface area (Å²) in [4.78, 5) is 4.39. The maximum absolute atomic E-state index is 14.4. The molecule has 202 valence electrons. The fourth-order valence-corrected chi connectivity index (χ4v) is 8.14. The molecule has 0 saturated carbocycles. The number of aryl methyl sites for hydroxylation is 6. The summed E-state index contributed by atoms with van der Waals surface area (Å²) in [6.45, 7) is 12.5. The van der Waals surface area contributed by atoms with Crippen LogP contribution in [0.25, 0.3) is 22.3 Å². The second kappa shape index (κ2) is 10.9. The van der Waals surface area contributed by atoms with E-state index in [4.69, 9.17) is 23.2 Å². The molecule has 0 bridgehead atoms. The predicted molar refractivity (Wildman–Crippen MR) is 155 cm³/mol. The predicted octanol–water partition coefficient (Wildman–Crippen LogP) is 8.74. The topological polar surface area (TPSA) is 22.8 Å². The fourth-order valence-electron chi connectivity index (χ4n) is 5.24. The summed E-state index contributed by atoms with van der Waals surface area (Å²) in [7, 11) is 0. The van der Waals surface area contributed by atoms with Crippen molar-refractivity contribution in [1.29, 1.82) is 0 Å². The third kappa shape index (κ3) is 5.07. The van der Waals surface area contributed by atoms with Crippen LogP contribution in [0.15, 0.2) is 54.7 Å². The molecule has 7 heteroatoms. The molecule has 0 aliphatic rings. The zero-order valence-corrected chi connectivity index (χ0v) is 26.2. The number of benzene rings is 3. The molecule has 3 aromatic carbocycles. The molecule has 3 nitrogen and oxygen atoms in total. The van der Waals surface area contributed by atoms with Gasteiger partial charge >= 0.3 is 248 Å². The van der Waals surface area contributed by atoms with Crippen LogP contribution < -0.4 is 0 Å². The van der Waals surface area contributed by atoms with Gasteiger partial charge < -0.3 is 0 Å². The second-order valence-electron chi connectivity index (χ2n) is 9.75. The Morgan fingerprint density at radius 1 is 0.769 bits per heavy atom. The van der Waals surface area contributed by atoms with Gasteiger partial charge in [-0.3, -0.25) is 0 Å². The summed E-state index contributed by atoms with van der Waals surface area (Å²) in [5, 5.41) is 1.36. The van der Waals surface area contributed by atoms with Gasteiger partial charge in [0.15, 0.2) is 0 Å². The van der Waals surface area contributed by atoms with Crippen LogP contribution in [0.5, 0.6) is 0 Å². The Hall–Kier alpha value is -2.91. The number of nitrogens with zero attached hydrogens (tertiary/aromatic N) is 3. The summed E-state index contributed by atoms with van der Waals surface area (Å²) >= 11 is 13.3. The van der Waals surface area contributed by atoms with Gasteiger partial charge in [-0.05, 0) is 0 Å². The van der Waals surface area contributed by atoms with Crippen LogP contribution >= 0.6 is 23.2 Å². The third-order valence-electron chi connectivity index (χ3n) is 6.61. The third-order valence-corrected chi connectivity index (χ3v) is 9.40. The van der Waals surface area contributed by atoms with Gasteiger partial charge in [0.05, 0.1) is 0 Å². The standard InChI is InChI=1S/C21H22Cl2N2.C11H5FN.Au/c1-12-7-14(3)18(15(4)8-12)24-11-25(21(23)20(24)22)19-16(5)9-13(2)10-17(19)6;1-2-8-5-6-10(12)9-4-3-7-13-11(8)9;/h7-10H,1-6H3;3-7H;. The first-order valence-electron chi connectivity index (χ1n) is 12.4. The van der Waals surface area contributed by atoms with Crippen LogP contribution in [0.2, 0.25) is 10.3 Å². The molecule has 0 saturated heterocycles. The van der Waals surface area contributed by atoms with Gasteiger partial charge in [-0.15, -0.1) is 0 Å². The van der Waals surface area contributed by atoms with Crippen molar-refractivity contribution in [3.05, 3.63) is 113 Å². The molecule has 5 rings (SSSR count). The minimum absolute atomic E-state index is 0.307. The monoisotopic (exact) mass is 739 g/mol. The van der Waals surface area contributed by atoms with E-state index in [0.29, 0.717) is 26.8 Å². The summed E-state index contributed by atoms with van der Waals surface area (Å²) in [6, 6.07) is 15.2. The van der Waals surface area contributed by atoms with Crippen LogP contribution in [0.3, 0.4) is 0 Å². The molecule has 0 atom stereocenters. The molecule has 5 aromatic rings. The molecule has 39 heavy (non-hydrogen) atoms. The quantitative estimate of drug-likeness (QED) is 0.131. The number of aromatic nitrogens is 3. The van der Waals surface area contributed by atoms with Crippen LogP contribution in [0, 0.1) is 61.0 Å². The van der Waals surface area contributed by atoms with Gasteiger partial charge in [0, 0.05) is 0 Å². The first kappa shape index (κ1) is 27.6. The molecule has 0 unspecified atom stereocenters.